The molecule has 1 unspecified atom stereocenters. The Morgan fingerprint density at radius 1 is 0.913 bits per heavy atom. The van der Waals surface area contributed by atoms with Crippen LogP contribution in [0.1, 0.15) is 19.3 Å². The van der Waals surface area contributed by atoms with E-state index in [4.69, 9.17) is 11.6 Å². The molecule has 138 valence electrons. The molecule has 4 nitrogen and oxygen atoms in total. The fourth-order valence-corrected chi connectivity index (χ4v) is 3.19. The maximum atomic E-state index is 12.7. The minimum absolute atomic E-state index is 1.62. The monoisotopic (exact) mass is 399 g/mol. The van der Waals surface area contributed by atoms with Gasteiger partial charge in [0.25, 0.3) is 5.91 Å². The van der Waals surface area contributed by atoms with E-state index in [9.17, 15) is 48.3 Å². The Hall–Kier alpha value is -0.850. The van der Waals surface area contributed by atoms with Gasteiger partial charge < -0.3 is 5.73 Å². The second kappa shape index (κ2) is 6.57. The van der Waals surface area contributed by atoms with Crippen molar-refractivity contribution in [2.45, 2.75) is 41.7 Å². The molecular formula is C9H10ClF8NO3S. The van der Waals surface area contributed by atoms with E-state index in [1.807, 2.05) is 0 Å². The second-order valence-electron chi connectivity index (χ2n) is 4.48. The van der Waals surface area contributed by atoms with Gasteiger partial charge in [-0.2, -0.15) is 35.1 Å². The van der Waals surface area contributed by atoms with Crippen LogP contribution in [0.5, 0.6) is 0 Å². The van der Waals surface area contributed by atoms with Crippen LogP contribution in [0.4, 0.5) is 35.1 Å². The van der Waals surface area contributed by atoms with Gasteiger partial charge in [-0.15, -0.1) is 0 Å². The molecule has 0 saturated heterocycles. The number of amides is 1. The van der Waals surface area contributed by atoms with Crippen molar-refractivity contribution in [3.8, 4) is 0 Å². The van der Waals surface area contributed by atoms with Gasteiger partial charge in [0.1, 0.15) is 0 Å². The van der Waals surface area contributed by atoms with Gasteiger partial charge in [-0.3, -0.25) is 4.79 Å². The largest absolute Gasteiger partial charge is 0.453 e. The van der Waals surface area contributed by atoms with Crippen molar-refractivity contribution >= 4 is 27.3 Å². The molecule has 2 N–H and O–H groups in total. The van der Waals surface area contributed by atoms with E-state index < -0.39 is 63.2 Å². The van der Waals surface area contributed by atoms with Crippen molar-refractivity contribution in [2.75, 3.05) is 5.75 Å². The Labute approximate surface area is 129 Å². The summed E-state index contributed by atoms with van der Waals surface area (Å²) in [6.07, 6.45) is -16.9. The first kappa shape index (κ1) is 22.1. The molecule has 0 spiro atoms. The predicted octanol–water partition coefficient (Wildman–Crippen LogP) is 2.75. The molecule has 0 aliphatic rings. The number of hydrogen-bond acceptors (Lipinski definition) is 3. The molecule has 0 heterocycles. The molecule has 0 aromatic carbocycles. The number of primary amides is 1. The summed E-state index contributed by atoms with van der Waals surface area (Å²) in [5.74, 6) is -9.41. The van der Waals surface area contributed by atoms with Crippen molar-refractivity contribution in [1.82, 2.24) is 0 Å². The Balaban J connectivity index is 5.37. The molecule has 0 aliphatic heterocycles. The van der Waals surface area contributed by atoms with Crippen molar-refractivity contribution in [3.63, 3.8) is 0 Å². The van der Waals surface area contributed by atoms with Crippen LogP contribution < -0.4 is 5.73 Å². The van der Waals surface area contributed by atoms with E-state index in [0.717, 1.165) is 0 Å². The highest BCUT2D eigenvalue weighted by molar-refractivity contribution is 7.95. The van der Waals surface area contributed by atoms with E-state index in [0.29, 0.717) is 0 Å². The summed E-state index contributed by atoms with van der Waals surface area (Å²) in [6, 6.07) is 0. The lowest BCUT2D eigenvalue weighted by atomic mass is 10.2. The van der Waals surface area contributed by atoms with E-state index >= 15 is 0 Å². The van der Waals surface area contributed by atoms with E-state index in [2.05, 4.69) is 5.73 Å². The molecule has 14 heteroatoms. The van der Waals surface area contributed by atoms with Gasteiger partial charge in [0.05, 0.1) is 5.75 Å². The fraction of sp³-hybridized carbons (Fsp3) is 0.889. The van der Waals surface area contributed by atoms with Crippen molar-refractivity contribution < 1.29 is 48.3 Å². The van der Waals surface area contributed by atoms with Gasteiger partial charge in [0.2, 0.25) is 4.21 Å². The lowest BCUT2D eigenvalue weighted by Crippen LogP contribution is -2.49. The molecule has 23 heavy (non-hydrogen) atoms. The molecule has 1 amide bonds. The van der Waals surface area contributed by atoms with Gasteiger partial charge in [-0.25, -0.2) is 8.42 Å². The number of carbonyl (C=O) groups is 1. The second-order valence-corrected chi connectivity index (χ2v) is 7.68. The average Bonchev–Trinajstić information content (AvgIpc) is 2.31. The zero-order valence-electron chi connectivity index (χ0n) is 10.9. The van der Waals surface area contributed by atoms with Crippen molar-refractivity contribution in [3.05, 3.63) is 0 Å². The van der Waals surface area contributed by atoms with Crippen LogP contribution in [0, 0.1) is 0 Å². The van der Waals surface area contributed by atoms with Crippen LogP contribution in [-0.2, 0) is 14.6 Å². The maximum Gasteiger partial charge on any atom is 0.453 e. The van der Waals surface area contributed by atoms with Gasteiger partial charge in [-0.05, 0) is 6.42 Å². The maximum absolute atomic E-state index is 12.7. The first-order valence-electron chi connectivity index (χ1n) is 5.58. The summed E-state index contributed by atoms with van der Waals surface area (Å²) in [5, 5.41) is 0. The van der Waals surface area contributed by atoms with Crippen LogP contribution in [0.25, 0.3) is 0 Å². The zero-order valence-corrected chi connectivity index (χ0v) is 12.5. The Bertz CT molecular complexity index is 544. The van der Waals surface area contributed by atoms with Crippen LogP contribution in [0.15, 0.2) is 0 Å². The van der Waals surface area contributed by atoms with E-state index in [-0.39, 0.29) is 0 Å². The molecule has 0 bridgehead atoms. The highest BCUT2D eigenvalue weighted by Crippen LogP contribution is 2.40. The molecular weight excluding hydrogens is 390 g/mol. The average molecular weight is 400 g/mol. The summed E-state index contributed by atoms with van der Waals surface area (Å²) in [7, 11) is -5.33. The standard InChI is InChI=1S/C9H10ClF8NO3S/c10-6(5(19)20,1-2-8(13,14)15)23(21,22)4-3-7(11,12)9(16,17)18/h1-4H2,(H2,19,20). The lowest BCUT2D eigenvalue weighted by Gasteiger charge is -2.26. The number of alkyl halides is 9. The van der Waals surface area contributed by atoms with Crippen LogP contribution >= 0.6 is 11.6 Å². The predicted molar refractivity (Wildman–Crippen MR) is 62.5 cm³/mol. The first-order valence-corrected chi connectivity index (χ1v) is 7.61. The summed E-state index contributed by atoms with van der Waals surface area (Å²) >= 11 is 5.23. The normalized spacial score (nSPS) is 16.9. The summed E-state index contributed by atoms with van der Waals surface area (Å²) < 4.78 is 117. The molecule has 0 aromatic heterocycles. The Morgan fingerprint density at radius 2 is 1.35 bits per heavy atom. The van der Waals surface area contributed by atoms with Gasteiger partial charge >= 0.3 is 18.3 Å². The molecule has 0 rings (SSSR count). The smallest absolute Gasteiger partial charge is 0.367 e. The third-order valence-corrected chi connectivity index (χ3v) is 5.90. The number of rotatable bonds is 7. The molecule has 0 aliphatic carbocycles. The minimum Gasteiger partial charge on any atom is -0.367 e. The lowest BCUT2D eigenvalue weighted by molar-refractivity contribution is -0.282. The van der Waals surface area contributed by atoms with Gasteiger partial charge in [0.15, 0.2) is 9.84 Å². The third-order valence-electron chi connectivity index (χ3n) is 2.69. The third kappa shape index (κ3) is 5.62. The topological polar surface area (TPSA) is 77.2 Å². The summed E-state index contributed by atoms with van der Waals surface area (Å²) in [5.41, 5.74) is 4.58. The van der Waals surface area contributed by atoms with Gasteiger partial charge in [-0.1, -0.05) is 11.6 Å². The molecule has 0 saturated carbocycles. The number of hydrogen-bond donors (Lipinski definition) is 1. The fourth-order valence-electron chi connectivity index (χ4n) is 1.30. The molecule has 1 atom stereocenters. The molecule has 0 fully saturated rings. The van der Waals surface area contributed by atoms with Crippen molar-refractivity contribution in [2.24, 2.45) is 5.73 Å². The van der Waals surface area contributed by atoms with Crippen LogP contribution in [0.3, 0.4) is 0 Å². The van der Waals surface area contributed by atoms with Crippen LogP contribution in [-0.4, -0.2) is 42.6 Å². The van der Waals surface area contributed by atoms with Crippen molar-refractivity contribution in [1.29, 1.82) is 0 Å². The SMILES string of the molecule is NC(=O)C(Cl)(CCC(F)(F)F)S(=O)(=O)CCC(F)(F)C(F)(F)F. The summed E-state index contributed by atoms with van der Waals surface area (Å²) in [4.78, 5) is 11.0. The minimum atomic E-state index is -6.07. The quantitative estimate of drug-likeness (QED) is 0.528. The Morgan fingerprint density at radius 3 is 1.65 bits per heavy atom. The summed E-state index contributed by atoms with van der Waals surface area (Å²) in [6.45, 7) is 0. The van der Waals surface area contributed by atoms with E-state index in [1.165, 1.54) is 0 Å². The highest BCUT2D eigenvalue weighted by atomic mass is 35.5. The number of halogens is 9. The first-order chi connectivity index (χ1) is 9.86. The van der Waals surface area contributed by atoms with Gasteiger partial charge in [0, 0.05) is 12.8 Å². The van der Waals surface area contributed by atoms with E-state index in [1.54, 1.807) is 0 Å². The number of nitrogens with two attached hydrogens (primary N) is 1. The zero-order chi connectivity index (χ0) is 18.9. The highest BCUT2D eigenvalue weighted by Gasteiger charge is 2.59. The Kier molecular flexibility index (Phi) is 6.33. The molecule has 0 aromatic rings. The molecule has 0 radical (unpaired) electrons. The van der Waals surface area contributed by atoms with Crippen LogP contribution in [0.2, 0.25) is 0 Å². The number of sulfone groups is 1. The number of carbonyl (C=O) groups excluding carboxylic acids is 1.